The van der Waals surface area contributed by atoms with Crippen molar-refractivity contribution < 1.29 is 9.59 Å². The van der Waals surface area contributed by atoms with E-state index in [1.807, 2.05) is 11.8 Å². The molecular formula is C20H28ClN3O2. The fourth-order valence-electron chi connectivity index (χ4n) is 4.14. The Bertz CT molecular complexity index is 664. The van der Waals surface area contributed by atoms with Crippen LogP contribution in [0.5, 0.6) is 0 Å². The molecule has 6 heteroatoms. The van der Waals surface area contributed by atoms with Gasteiger partial charge >= 0.3 is 6.03 Å². The van der Waals surface area contributed by atoms with Crippen LogP contribution in [0.15, 0.2) is 18.2 Å². The van der Waals surface area contributed by atoms with Crippen LogP contribution in [0.1, 0.15) is 55.8 Å². The van der Waals surface area contributed by atoms with Crippen LogP contribution >= 0.6 is 11.6 Å². The van der Waals surface area contributed by atoms with Crippen molar-refractivity contribution in [3.8, 4) is 0 Å². The van der Waals surface area contributed by atoms with Crippen LogP contribution < -0.4 is 10.6 Å². The molecule has 1 saturated carbocycles. The molecule has 1 aliphatic carbocycles. The second kappa shape index (κ2) is 8.76. The van der Waals surface area contributed by atoms with Crippen molar-refractivity contribution in [3.05, 3.63) is 28.8 Å². The average Bonchev–Trinajstić information content (AvgIpc) is 2.65. The van der Waals surface area contributed by atoms with E-state index in [9.17, 15) is 9.59 Å². The predicted molar refractivity (Wildman–Crippen MR) is 105 cm³/mol. The Morgan fingerprint density at radius 3 is 2.69 bits per heavy atom. The standard InChI is InChI=1S/C20H28ClN3O2/c1-2-10-22-20(26)23-16-7-8-17(18(21)12-16)19(25)24-11-9-14-5-3-4-6-15(14)13-24/h7-8,12,14-15H,2-6,9-11,13H2,1H3,(H2,22,23,26)/t14-,15+/m1/s1. The molecule has 5 nitrogen and oxygen atoms in total. The zero-order chi connectivity index (χ0) is 18.5. The molecule has 0 spiro atoms. The molecule has 26 heavy (non-hydrogen) atoms. The minimum absolute atomic E-state index is 0.000933. The Balaban J connectivity index is 1.63. The van der Waals surface area contributed by atoms with E-state index in [1.54, 1.807) is 18.2 Å². The van der Waals surface area contributed by atoms with Gasteiger partial charge in [-0.3, -0.25) is 4.79 Å². The van der Waals surface area contributed by atoms with Crippen LogP contribution in [-0.2, 0) is 0 Å². The molecule has 2 aliphatic rings. The summed E-state index contributed by atoms with van der Waals surface area (Å²) in [6.07, 6.45) is 7.14. The number of carbonyl (C=O) groups excluding carboxylic acids is 2. The molecule has 2 N–H and O–H groups in total. The first kappa shape index (κ1) is 19.0. The van der Waals surface area contributed by atoms with Gasteiger partial charge in [0.25, 0.3) is 5.91 Å². The molecule has 2 fully saturated rings. The summed E-state index contributed by atoms with van der Waals surface area (Å²) < 4.78 is 0. The summed E-state index contributed by atoms with van der Waals surface area (Å²) >= 11 is 6.35. The van der Waals surface area contributed by atoms with Crippen molar-refractivity contribution in [2.45, 2.75) is 45.4 Å². The summed E-state index contributed by atoms with van der Waals surface area (Å²) in [4.78, 5) is 26.6. The SMILES string of the molecule is CCCNC(=O)Nc1ccc(C(=O)N2CC[C@H]3CCCC[C@H]3C2)c(Cl)c1. The molecule has 1 aromatic rings. The van der Waals surface area contributed by atoms with Crippen molar-refractivity contribution in [1.29, 1.82) is 0 Å². The number of amides is 3. The number of benzene rings is 1. The van der Waals surface area contributed by atoms with Crippen LogP contribution in [0.2, 0.25) is 5.02 Å². The van der Waals surface area contributed by atoms with Gasteiger partial charge in [-0.2, -0.15) is 0 Å². The number of piperidine rings is 1. The van der Waals surface area contributed by atoms with E-state index in [-0.39, 0.29) is 11.9 Å². The Morgan fingerprint density at radius 1 is 1.19 bits per heavy atom. The summed E-state index contributed by atoms with van der Waals surface area (Å²) in [6.45, 7) is 4.27. The second-order valence-corrected chi connectivity index (χ2v) is 7.83. The van der Waals surface area contributed by atoms with Crippen LogP contribution in [-0.4, -0.2) is 36.5 Å². The van der Waals surface area contributed by atoms with Gasteiger partial charge in [-0.15, -0.1) is 0 Å². The molecule has 1 aliphatic heterocycles. The van der Waals surface area contributed by atoms with E-state index in [1.165, 1.54) is 25.7 Å². The number of nitrogens with one attached hydrogen (secondary N) is 2. The van der Waals surface area contributed by atoms with Gasteiger partial charge in [0.2, 0.25) is 0 Å². The molecule has 1 aromatic carbocycles. The molecule has 3 rings (SSSR count). The molecule has 3 amide bonds. The number of hydrogen-bond donors (Lipinski definition) is 2. The number of halogens is 1. The topological polar surface area (TPSA) is 61.4 Å². The van der Waals surface area contributed by atoms with E-state index in [0.29, 0.717) is 28.7 Å². The normalized spacial score (nSPS) is 22.5. The van der Waals surface area contributed by atoms with Gasteiger partial charge in [0.05, 0.1) is 10.6 Å². The number of nitrogens with zero attached hydrogens (tertiary/aromatic N) is 1. The minimum atomic E-state index is -0.263. The Labute approximate surface area is 160 Å². The lowest BCUT2D eigenvalue weighted by Gasteiger charge is -2.41. The number of fused-ring (bicyclic) bond motifs is 1. The highest BCUT2D eigenvalue weighted by molar-refractivity contribution is 6.34. The molecule has 0 bridgehead atoms. The van der Waals surface area contributed by atoms with E-state index in [2.05, 4.69) is 10.6 Å². The maximum absolute atomic E-state index is 12.9. The van der Waals surface area contributed by atoms with Gasteiger partial charge < -0.3 is 15.5 Å². The summed E-state index contributed by atoms with van der Waals surface area (Å²) in [5, 5.41) is 5.87. The van der Waals surface area contributed by atoms with Gasteiger partial charge in [0, 0.05) is 25.3 Å². The molecular weight excluding hydrogens is 350 g/mol. The fourth-order valence-corrected chi connectivity index (χ4v) is 4.40. The first-order chi connectivity index (χ1) is 12.6. The lowest BCUT2D eigenvalue weighted by atomic mass is 9.75. The van der Waals surface area contributed by atoms with Gasteiger partial charge in [-0.1, -0.05) is 37.8 Å². The highest BCUT2D eigenvalue weighted by Gasteiger charge is 2.33. The van der Waals surface area contributed by atoms with Gasteiger partial charge in [0.1, 0.15) is 0 Å². The summed E-state index contributed by atoms with van der Waals surface area (Å²) in [6, 6.07) is 4.83. The molecule has 1 saturated heterocycles. The highest BCUT2D eigenvalue weighted by Crippen LogP contribution is 2.36. The smallest absolute Gasteiger partial charge is 0.319 e. The molecule has 0 aromatic heterocycles. The van der Waals surface area contributed by atoms with Crippen LogP contribution in [0.3, 0.4) is 0 Å². The highest BCUT2D eigenvalue weighted by atomic mass is 35.5. The number of likely N-dealkylation sites (tertiary alicyclic amines) is 1. The zero-order valence-corrected chi connectivity index (χ0v) is 16.1. The van der Waals surface area contributed by atoms with Crippen molar-refractivity contribution in [2.24, 2.45) is 11.8 Å². The Kier molecular flexibility index (Phi) is 6.41. The Morgan fingerprint density at radius 2 is 1.96 bits per heavy atom. The van der Waals surface area contributed by atoms with Crippen LogP contribution in [0.25, 0.3) is 0 Å². The molecule has 1 heterocycles. The third-order valence-electron chi connectivity index (χ3n) is 5.57. The predicted octanol–water partition coefficient (Wildman–Crippen LogP) is 4.52. The summed E-state index contributed by atoms with van der Waals surface area (Å²) in [5.41, 5.74) is 1.10. The van der Waals surface area contributed by atoms with Crippen LogP contribution in [0.4, 0.5) is 10.5 Å². The average molecular weight is 378 g/mol. The van der Waals surface area contributed by atoms with Crippen molar-refractivity contribution >= 4 is 29.2 Å². The lowest BCUT2D eigenvalue weighted by Crippen LogP contribution is -2.44. The quantitative estimate of drug-likeness (QED) is 0.810. The van der Waals surface area contributed by atoms with E-state index >= 15 is 0 Å². The van der Waals surface area contributed by atoms with Gasteiger partial charge in [-0.25, -0.2) is 4.79 Å². The second-order valence-electron chi connectivity index (χ2n) is 7.42. The number of hydrogen-bond acceptors (Lipinski definition) is 2. The van der Waals surface area contributed by atoms with E-state index in [0.717, 1.165) is 31.8 Å². The van der Waals surface area contributed by atoms with Gasteiger partial charge in [0.15, 0.2) is 0 Å². The Hall–Kier alpha value is -1.75. The van der Waals surface area contributed by atoms with Gasteiger partial charge in [-0.05, 0) is 49.3 Å². The van der Waals surface area contributed by atoms with Crippen molar-refractivity contribution in [2.75, 3.05) is 25.0 Å². The first-order valence-corrected chi connectivity index (χ1v) is 10.1. The van der Waals surface area contributed by atoms with E-state index < -0.39 is 0 Å². The number of rotatable bonds is 4. The summed E-state index contributed by atoms with van der Waals surface area (Å²) in [5.74, 6) is 1.43. The number of anilines is 1. The van der Waals surface area contributed by atoms with E-state index in [4.69, 9.17) is 11.6 Å². The van der Waals surface area contributed by atoms with Crippen molar-refractivity contribution in [1.82, 2.24) is 10.2 Å². The third-order valence-corrected chi connectivity index (χ3v) is 5.88. The number of urea groups is 1. The zero-order valence-electron chi connectivity index (χ0n) is 15.4. The molecule has 0 unspecified atom stereocenters. The lowest BCUT2D eigenvalue weighted by molar-refractivity contribution is 0.0521. The maximum Gasteiger partial charge on any atom is 0.319 e. The first-order valence-electron chi connectivity index (χ1n) is 9.72. The third kappa shape index (κ3) is 4.50. The largest absolute Gasteiger partial charge is 0.338 e. The monoisotopic (exact) mass is 377 g/mol. The van der Waals surface area contributed by atoms with Crippen LogP contribution in [0, 0.1) is 11.8 Å². The summed E-state index contributed by atoms with van der Waals surface area (Å²) in [7, 11) is 0. The molecule has 0 radical (unpaired) electrons. The maximum atomic E-state index is 12.9. The molecule has 2 atom stereocenters. The number of carbonyl (C=O) groups is 2. The minimum Gasteiger partial charge on any atom is -0.338 e. The van der Waals surface area contributed by atoms with Crippen molar-refractivity contribution in [3.63, 3.8) is 0 Å². The fraction of sp³-hybridized carbons (Fsp3) is 0.600. The molecule has 142 valence electrons.